The van der Waals surface area contributed by atoms with Crippen LogP contribution in [0, 0.1) is 0 Å². The topological polar surface area (TPSA) is 91.7 Å². The molecule has 2 rings (SSSR count). The van der Waals surface area contributed by atoms with E-state index in [1.165, 1.54) is 11.2 Å². The third-order valence-corrected chi connectivity index (χ3v) is 3.18. The third-order valence-electron chi connectivity index (χ3n) is 3.18. The van der Waals surface area contributed by atoms with Crippen LogP contribution in [-0.2, 0) is 4.79 Å². The number of nitrogens with zero attached hydrogens (tertiary/aromatic N) is 1. The highest BCUT2D eigenvalue weighted by atomic mass is 16.3. The van der Waals surface area contributed by atoms with E-state index in [0.717, 1.165) is 0 Å². The molecule has 0 unspecified atom stereocenters. The molecule has 1 aromatic heterocycles. The maximum atomic E-state index is 11.9. The fourth-order valence-corrected chi connectivity index (χ4v) is 2.00. The number of nitrogens with one attached hydrogen (secondary N) is 2. The number of benzene rings is 1. The van der Waals surface area contributed by atoms with Gasteiger partial charge in [0.15, 0.2) is 5.76 Å². The number of hydrogen-bond donors (Lipinski definition) is 2. The molecule has 7 nitrogen and oxygen atoms in total. The first-order chi connectivity index (χ1) is 11.5. The van der Waals surface area contributed by atoms with Crippen LogP contribution in [0.5, 0.6) is 0 Å². The van der Waals surface area contributed by atoms with Gasteiger partial charge in [-0.25, -0.2) is 0 Å². The maximum Gasteiger partial charge on any atom is 0.286 e. The minimum absolute atomic E-state index is 0.109. The van der Waals surface area contributed by atoms with Crippen LogP contribution in [0.15, 0.2) is 47.1 Å². The Hall–Kier alpha value is -3.09. The Morgan fingerprint density at radius 3 is 2.58 bits per heavy atom. The SMILES string of the molecule is CN(C)C(=O)c1cccc(NC(=O)CCNC(=O)c2ccco2)c1. The second-order valence-electron chi connectivity index (χ2n) is 5.31. The number of anilines is 1. The van der Waals surface area contributed by atoms with Gasteiger partial charge in [-0.3, -0.25) is 14.4 Å². The Kier molecular flexibility index (Phi) is 5.73. The Morgan fingerprint density at radius 2 is 1.92 bits per heavy atom. The highest BCUT2D eigenvalue weighted by molar-refractivity contribution is 5.97. The summed E-state index contributed by atoms with van der Waals surface area (Å²) in [6.07, 6.45) is 1.52. The molecule has 0 saturated carbocycles. The molecule has 0 aliphatic heterocycles. The summed E-state index contributed by atoms with van der Waals surface area (Å²) in [5.74, 6) is -0.572. The number of furan rings is 1. The molecule has 1 heterocycles. The van der Waals surface area contributed by atoms with Crippen molar-refractivity contribution in [3.05, 3.63) is 54.0 Å². The van der Waals surface area contributed by atoms with E-state index in [1.54, 1.807) is 50.5 Å². The first kappa shape index (κ1) is 17.3. The van der Waals surface area contributed by atoms with Gasteiger partial charge in [-0.15, -0.1) is 0 Å². The van der Waals surface area contributed by atoms with Gasteiger partial charge in [0.25, 0.3) is 11.8 Å². The van der Waals surface area contributed by atoms with E-state index in [9.17, 15) is 14.4 Å². The van der Waals surface area contributed by atoms with Gasteiger partial charge < -0.3 is 20.0 Å². The van der Waals surface area contributed by atoms with E-state index in [-0.39, 0.29) is 36.4 Å². The van der Waals surface area contributed by atoms with E-state index in [0.29, 0.717) is 11.3 Å². The van der Waals surface area contributed by atoms with Crippen LogP contribution < -0.4 is 10.6 Å². The maximum absolute atomic E-state index is 11.9. The zero-order chi connectivity index (χ0) is 17.5. The largest absolute Gasteiger partial charge is 0.459 e. The molecular formula is C17H19N3O4. The van der Waals surface area contributed by atoms with Crippen LogP contribution in [0.25, 0.3) is 0 Å². The lowest BCUT2D eigenvalue weighted by Crippen LogP contribution is -2.27. The van der Waals surface area contributed by atoms with E-state index in [4.69, 9.17) is 4.42 Å². The lowest BCUT2D eigenvalue weighted by atomic mass is 10.2. The molecule has 0 spiro atoms. The molecule has 7 heteroatoms. The summed E-state index contributed by atoms with van der Waals surface area (Å²) in [4.78, 5) is 36.9. The molecule has 2 aromatic rings. The number of carbonyl (C=O) groups excluding carboxylic acids is 3. The van der Waals surface area contributed by atoms with E-state index < -0.39 is 0 Å². The van der Waals surface area contributed by atoms with Crippen molar-refractivity contribution >= 4 is 23.4 Å². The van der Waals surface area contributed by atoms with E-state index >= 15 is 0 Å². The lowest BCUT2D eigenvalue weighted by Gasteiger charge is -2.11. The standard InChI is InChI=1S/C17H19N3O4/c1-20(2)17(23)12-5-3-6-13(11-12)19-15(21)8-9-18-16(22)14-7-4-10-24-14/h3-7,10-11H,8-9H2,1-2H3,(H,18,22)(H,19,21). The van der Waals surface area contributed by atoms with Crippen molar-refractivity contribution in [2.45, 2.75) is 6.42 Å². The molecule has 0 atom stereocenters. The molecule has 0 aliphatic rings. The predicted molar refractivity (Wildman–Crippen MR) is 88.7 cm³/mol. The van der Waals surface area contributed by atoms with Gasteiger partial charge in [0.2, 0.25) is 5.91 Å². The van der Waals surface area contributed by atoms with Gasteiger partial charge in [0, 0.05) is 38.3 Å². The third kappa shape index (κ3) is 4.70. The zero-order valence-electron chi connectivity index (χ0n) is 13.5. The average Bonchev–Trinajstić information content (AvgIpc) is 3.08. The molecular weight excluding hydrogens is 310 g/mol. The molecule has 0 radical (unpaired) electrons. The van der Waals surface area contributed by atoms with E-state index in [2.05, 4.69) is 10.6 Å². The number of rotatable bonds is 6. The fraction of sp³-hybridized carbons (Fsp3) is 0.235. The summed E-state index contributed by atoms with van der Waals surface area (Å²) in [5.41, 5.74) is 1.02. The molecule has 1 aromatic carbocycles. The minimum Gasteiger partial charge on any atom is -0.459 e. The molecule has 2 N–H and O–H groups in total. The molecule has 0 saturated heterocycles. The van der Waals surface area contributed by atoms with Crippen molar-refractivity contribution in [1.82, 2.24) is 10.2 Å². The molecule has 126 valence electrons. The van der Waals surface area contributed by atoms with Crippen LogP contribution >= 0.6 is 0 Å². The first-order valence-corrected chi connectivity index (χ1v) is 7.40. The van der Waals surface area contributed by atoms with Crippen molar-refractivity contribution in [3.63, 3.8) is 0 Å². The Balaban J connectivity index is 1.83. The van der Waals surface area contributed by atoms with Crippen molar-refractivity contribution in [2.24, 2.45) is 0 Å². The van der Waals surface area contributed by atoms with Gasteiger partial charge in [-0.2, -0.15) is 0 Å². The Labute approximate surface area is 139 Å². The highest BCUT2D eigenvalue weighted by Crippen LogP contribution is 2.12. The van der Waals surface area contributed by atoms with Crippen molar-refractivity contribution < 1.29 is 18.8 Å². The van der Waals surface area contributed by atoms with Crippen LogP contribution in [-0.4, -0.2) is 43.3 Å². The van der Waals surface area contributed by atoms with Gasteiger partial charge in [0.05, 0.1) is 6.26 Å². The molecule has 3 amide bonds. The highest BCUT2D eigenvalue weighted by Gasteiger charge is 2.11. The number of carbonyl (C=O) groups is 3. The Bertz CT molecular complexity index is 723. The monoisotopic (exact) mass is 329 g/mol. The second kappa shape index (κ2) is 7.96. The summed E-state index contributed by atoms with van der Waals surface area (Å²) in [5, 5.41) is 5.29. The summed E-state index contributed by atoms with van der Waals surface area (Å²) in [7, 11) is 3.32. The predicted octanol–water partition coefficient (Wildman–Crippen LogP) is 1.74. The van der Waals surface area contributed by atoms with Gasteiger partial charge in [-0.05, 0) is 30.3 Å². The fourth-order valence-electron chi connectivity index (χ4n) is 2.00. The van der Waals surface area contributed by atoms with Crippen LogP contribution in [0.4, 0.5) is 5.69 Å². The summed E-state index contributed by atoms with van der Waals surface area (Å²) in [6, 6.07) is 9.85. The Morgan fingerprint density at radius 1 is 1.12 bits per heavy atom. The smallest absolute Gasteiger partial charge is 0.286 e. The molecule has 0 fully saturated rings. The van der Waals surface area contributed by atoms with Crippen molar-refractivity contribution in [1.29, 1.82) is 0 Å². The summed E-state index contributed by atoms with van der Waals surface area (Å²) >= 11 is 0. The minimum atomic E-state index is -0.369. The summed E-state index contributed by atoms with van der Waals surface area (Å²) in [6.45, 7) is 0.182. The number of hydrogen-bond acceptors (Lipinski definition) is 4. The van der Waals surface area contributed by atoms with Crippen LogP contribution in [0.1, 0.15) is 27.3 Å². The number of amides is 3. The van der Waals surface area contributed by atoms with E-state index in [1.807, 2.05) is 0 Å². The van der Waals surface area contributed by atoms with Gasteiger partial charge in [-0.1, -0.05) is 6.07 Å². The summed E-state index contributed by atoms with van der Waals surface area (Å²) < 4.78 is 4.95. The first-order valence-electron chi connectivity index (χ1n) is 7.40. The van der Waals surface area contributed by atoms with Crippen molar-refractivity contribution in [3.8, 4) is 0 Å². The molecule has 0 bridgehead atoms. The average molecular weight is 329 g/mol. The van der Waals surface area contributed by atoms with Gasteiger partial charge >= 0.3 is 0 Å². The zero-order valence-corrected chi connectivity index (χ0v) is 13.5. The normalized spacial score (nSPS) is 10.1. The molecule has 24 heavy (non-hydrogen) atoms. The quantitative estimate of drug-likeness (QED) is 0.844. The molecule has 0 aliphatic carbocycles. The van der Waals surface area contributed by atoms with Crippen molar-refractivity contribution in [2.75, 3.05) is 26.0 Å². The van der Waals surface area contributed by atoms with Crippen LogP contribution in [0.2, 0.25) is 0 Å². The lowest BCUT2D eigenvalue weighted by molar-refractivity contribution is -0.116. The van der Waals surface area contributed by atoms with Gasteiger partial charge in [0.1, 0.15) is 0 Å². The second-order valence-corrected chi connectivity index (χ2v) is 5.31. The van der Waals surface area contributed by atoms with Crippen LogP contribution in [0.3, 0.4) is 0 Å².